The van der Waals surface area contributed by atoms with Crippen LogP contribution >= 0.6 is 0 Å². The second-order valence-corrected chi connectivity index (χ2v) is 10.7. The van der Waals surface area contributed by atoms with Gasteiger partial charge in [0, 0.05) is 17.4 Å². The first-order chi connectivity index (χ1) is 17.7. The average Bonchev–Trinajstić information content (AvgIpc) is 2.81. The summed E-state index contributed by atoms with van der Waals surface area (Å²) in [4.78, 5) is 29.9. The summed E-state index contributed by atoms with van der Waals surface area (Å²) in [6, 6.07) is 10.7. The Kier molecular flexibility index (Phi) is 9.87. The van der Waals surface area contributed by atoms with Gasteiger partial charge in [0.15, 0.2) is 5.71 Å². The second kappa shape index (κ2) is 12.4. The molecule has 0 fully saturated rings. The first kappa shape index (κ1) is 30.1. The summed E-state index contributed by atoms with van der Waals surface area (Å²) in [5.41, 5.74) is 1.97. The number of esters is 1. The quantitative estimate of drug-likeness (QED) is 0.185. The molecule has 0 aliphatic carbocycles. The van der Waals surface area contributed by atoms with Crippen molar-refractivity contribution in [3.8, 4) is 11.5 Å². The number of nitrogens with one attached hydrogen (secondary N) is 2. The van der Waals surface area contributed by atoms with Crippen molar-refractivity contribution >= 4 is 40.4 Å². The fourth-order valence-electron chi connectivity index (χ4n) is 3.41. The van der Waals surface area contributed by atoms with Crippen LogP contribution in [0.4, 0.5) is 17.1 Å². The SMILES string of the molecule is COc1ccc(OC)c(N=C(C)/C(=N\N)C(=O)Nc2cc(NCC(=O)OC(C)(C)C)cc(C(C)(C)C)c2)c1. The minimum absolute atomic E-state index is 0.0259. The lowest BCUT2D eigenvalue weighted by Gasteiger charge is -2.23. The van der Waals surface area contributed by atoms with Crippen LogP contribution in [0.2, 0.25) is 0 Å². The van der Waals surface area contributed by atoms with Crippen molar-refractivity contribution in [2.75, 3.05) is 31.4 Å². The number of hydrogen-bond acceptors (Lipinski definition) is 9. The number of hydrazone groups is 1. The molecule has 4 N–H and O–H groups in total. The van der Waals surface area contributed by atoms with Gasteiger partial charge in [-0.3, -0.25) is 9.59 Å². The monoisotopic (exact) mass is 525 g/mol. The van der Waals surface area contributed by atoms with Crippen LogP contribution < -0.4 is 25.9 Å². The molecule has 2 aromatic carbocycles. The summed E-state index contributed by atoms with van der Waals surface area (Å²) in [6.45, 7) is 13.2. The van der Waals surface area contributed by atoms with Gasteiger partial charge in [0.25, 0.3) is 5.91 Å². The van der Waals surface area contributed by atoms with Crippen LogP contribution in [0, 0.1) is 0 Å². The second-order valence-electron chi connectivity index (χ2n) is 10.7. The van der Waals surface area contributed by atoms with Crippen molar-refractivity contribution in [1.82, 2.24) is 0 Å². The predicted octanol–water partition coefficient (Wildman–Crippen LogP) is 4.80. The Bertz CT molecular complexity index is 1220. The summed E-state index contributed by atoms with van der Waals surface area (Å²) in [5.74, 6) is 5.75. The van der Waals surface area contributed by atoms with E-state index in [4.69, 9.17) is 20.1 Å². The molecule has 38 heavy (non-hydrogen) atoms. The molecule has 206 valence electrons. The number of hydrogen-bond donors (Lipinski definition) is 3. The Morgan fingerprint density at radius 2 is 1.61 bits per heavy atom. The lowest BCUT2D eigenvalue weighted by molar-refractivity contribution is -0.152. The normalized spacial score (nSPS) is 12.6. The Hall–Kier alpha value is -4.08. The van der Waals surface area contributed by atoms with E-state index in [2.05, 4.69) is 41.5 Å². The molecule has 2 aromatic rings. The van der Waals surface area contributed by atoms with E-state index >= 15 is 0 Å². The molecule has 10 heteroatoms. The minimum Gasteiger partial charge on any atom is -0.497 e. The number of aliphatic imine (C=N–C) groups is 1. The van der Waals surface area contributed by atoms with Crippen molar-refractivity contribution in [2.24, 2.45) is 15.9 Å². The van der Waals surface area contributed by atoms with Crippen molar-refractivity contribution < 1.29 is 23.8 Å². The van der Waals surface area contributed by atoms with Gasteiger partial charge in [0.2, 0.25) is 0 Å². The Morgan fingerprint density at radius 3 is 2.16 bits per heavy atom. The zero-order chi connectivity index (χ0) is 28.7. The molecule has 1 amide bonds. The van der Waals surface area contributed by atoms with E-state index in [1.807, 2.05) is 32.9 Å². The van der Waals surface area contributed by atoms with Crippen LogP contribution in [0.15, 0.2) is 46.5 Å². The predicted molar refractivity (Wildman–Crippen MR) is 152 cm³/mol. The molecule has 0 heterocycles. The Balaban J connectivity index is 2.32. The molecule has 10 nitrogen and oxygen atoms in total. The molecular weight excluding hydrogens is 486 g/mol. The standard InChI is InChI=1S/C28H39N5O5/c1-17(31-22-15-21(36-8)10-11-23(22)37-9)25(33-29)26(35)32-20-13-18(27(2,3)4)12-19(14-20)30-16-24(34)38-28(5,6)7/h10-15,30H,16,29H2,1-9H3,(H,32,35)/b31-17?,33-25+. The maximum atomic E-state index is 13.2. The van der Waals surface area contributed by atoms with Crippen LogP contribution in [0.1, 0.15) is 54.0 Å². The van der Waals surface area contributed by atoms with Crippen LogP contribution in [0.25, 0.3) is 0 Å². The molecular formula is C28H39N5O5. The van der Waals surface area contributed by atoms with Gasteiger partial charge in [-0.2, -0.15) is 5.10 Å². The summed E-state index contributed by atoms with van der Waals surface area (Å²) >= 11 is 0. The number of ether oxygens (including phenoxy) is 3. The maximum Gasteiger partial charge on any atom is 0.325 e. The molecule has 0 saturated heterocycles. The molecule has 0 spiro atoms. The largest absolute Gasteiger partial charge is 0.497 e. The minimum atomic E-state index is -0.586. The molecule has 0 aliphatic rings. The highest BCUT2D eigenvalue weighted by Crippen LogP contribution is 2.32. The number of carbonyl (C=O) groups excluding carboxylic acids is 2. The number of nitrogens with two attached hydrogens (primary N) is 1. The van der Waals surface area contributed by atoms with Gasteiger partial charge in [0.05, 0.1) is 19.9 Å². The van der Waals surface area contributed by atoms with E-state index in [1.165, 1.54) is 7.11 Å². The van der Waals surface area contributed by atoms with Gasteiger partial charge < -0.3 is 30.7 Å². The first-order valence-electron chi connectivity index (χ1n) is 12.1. The van der Waals surface area contributed by atoms with Crippen molar-refractivity contribution in [2.45, 2.75) is 59.5 Å². The molecule has 0 atom stereocenters. The van der Waals surface area contributed by atoms with Crippen molar-refractivity contribution in [3.05, 3.63) is 42.0 Å². The van der Waals surface area contributed by atoms with Crippen molar-refractivity contribution in [1.29, 1.82) is 0 Å². The van der Waals surface area contributed by atoms with Crippen LogP contribution in [0.5, 0.6) is 11.5 Å². The highest BCUT2D eigenvalue weighted by Gasteiger charge is 2.21. The summed E-state index contributed by atoms with van der Waals surface area (Å²) in [6.07, 6.45) is 0. The molecule has 0 aliphatic heterocycles. The van der Waals surface area contributed by atoms with E-state index < -0.39 is 11.5 Å². The molecule has 0 radical (unpaired) electrons. The summed E-state index contributed by atoms with van der Waals surface area (Å²) < 4.78 is 16.0. The highest BCUT2D eigenvalue weighted by molar-refractivity contribution is 6.68. The van der Waals surface area contributed by atoms with Crippen LogP contribution in [0.3, 0.4) is 0 Å². The van der Waals surface area contributed by atoms with Crippen molar-refractivity contribution in [3.63, 3.8) is 0 Å². The number of methoxy groups -OCH3 is 2. The molecule has 2 rings (SSSR count). The molecule has 0 aromatic heterocycles. The third-order valence-electron chi connectivity index (χ3n) is 5.27. The summed E-state index contributed by atoms with van der Waals surface area (Å²) in [7, 11) is 3.07. The number of rotatable bonds is 9. The van der Waals surface area contributed by atoms with E-state index in [9.17, 15) is 9.59 Å². The van der Waals surface area contributed by atoms with E-state index in [-0.39, 0.29) is 29.4 Å². The Morgan fingerprint density at radius 1 is 0.947 bits per heavy atom. The fourth-order valence-corrected chi connectivity index (χ4v) is 3.41. The van der Waals surface area contributed by atoms with Crippen LogP contribution in [-0.4, -0.2) is 49.7 Å². The molecule has 0 bridgehead atoms. The number of amides is 1. The van der Waals surface area contributed by atoms with E-state index in [0.717, 1.165) is 5.56 Å². The third kappa shape index (κ3) is 8.79. The topological polar surface area (TPSA) is 137 Å². The van der Waals surface area contributed by atoms with E-state index in [1.54, 1.807) is 38.3 Å². The number of benzene rings is 2. The summed E-state index contributed by atoms with van der Waals surface area (Å²) in [5, 5.41) is 9.62. The highest BCUT2D eigenvalue weighted by atomic mass is 16.6. The van der Waals surface area contributed by atoms with Gasteiger partial charge in [-0.1, -0.05) is 20.8 Å². The maximum absolute atomic E-state index is 13.2. The number of anilines is 2. The van der Waals surface area contributed by atoms with Gasteiger partial charge in [-0.05, 0) is 69.0 Å². The van der Waals surface area contributed by atoms with Gasteiger partial charge in [-0.25, -0.2) is 4.99 Å². The van der Waals surface area contributed by atoms with Gasteiger partial charge in [0.1, 0.15) is 29.3 Å². The Labute approximate surface area is 224 Å². The lowest BCUT2D eigenvalue weighted by atomic mass is 9.86. The smallest absolute Gasteiger partial charge is 0.325 e. The molecule has 0 saturated carbocycles. The van der Waals surface area contributed by atoms with Gasteiger partial charge in [-0.15, -0.1) is 0 Å². The van der Waals surface area contributed by atoms with Gasteiger partial charge >= 0.3 is 5.97 Å². The molecule has 0 unspecified atom stereocenters. The van der Waals surface area contributed by atoms with Crippen LogP contribution in [-0.2, 0) is 19.7 Å². The average molecular weight is 526 g/mol. The third-order valence-corrected chi connectivity index (χ3v) is 5.27. The number of nitrogens with zero attached hydrogens (tertiary/aromatic N) is 2. The zero-order valence-corrected chi connectivity index (χ0v) is 23.7. The number of carbonyl (C=O) groups is 2. The van der Waals surface area contributed by atoms with E-state index in [0.29, 0.717) is 28.6 Å². The zero-order valence-electron chi connectivity index (χ0n) is 23.7. The fraction of sp³-hybridized carbons (Fsp3) is 0.429. The first-order valence-corrected chi connectivity index (χ1v) is 12.1. The lowest BCUT2D eigenvalue weighted by Crippen LogP contribution is -2.30.